The van der Waals surface area contributed by atoms with E-state index >= 15 is 0 Å². The molecule has 0 aliphatic heterocycles. The van der Waals surface area contributed by atoms with Gasteiger partial charge < -0.3 is 0 Å². The minimum Gasteiger partial charge on any atom is -0.248 e. The van der Waals surface area contributed by atoms with Crippen molar-refractivity contribution in [3.8, 4) is 33.5 Å². The largest absolute Gasteiger partial charge is 0.248 e. The van der Waals surface area contributed by atoms with Crippen LogP contribution >= 0.6 is 0 Å². The number of hydrogen-bond donors (Lipinski definition) is 0. The van der Waals surface area contributed by atoms with E-state index in [4.69, 9.17) is 4.98 Å². The highest BCUT2D eigenvalue weighted by atomic mass is 14.7. The molecule has 0 saturated carbocycles. The van der Waals surface area contributed by atoms with Crippen LogP contribution in [-0.2, 0) is 10.8 Å². The molecule has 1 aromatic heterocycles. The number of rotatable bonds is 5. The average molecular weight is 686 g/mol. The van der Waals surface area contributed by atoms with Crippen molar-refractivity contribution < 1.29 is 0 Å². The van der Waals surface area contributed by atoms with E-state index in [2.05, 4.69) is 212 Å². The maximum Gasteiger partial charge on any atom is 0.0720 e. The number of para-hydroxylation sites is 1. The number of nitrogens with zero attached hydrogens (tertiary/aromatic N) is 1. The molecule has 0 spiro atoms. The van der Waals surface area contributed by atoms with Gasteiger partial charge in [-0.05, 0) is 78.9 Å². The van der Waals surface area contributed by atoms with E-state index in [0.717, 1.165) is 22.2 Å². The molecule has 0 amide bonds. The third-order valence-corrected chi connectivity index (χ3v) is 12.0. The molecule has 54 heavy (non-hydrogen) atoms. The molecular formula is C53H35N. The van der Waals surface area contributed by atoms with Crippen LogP contribution in [0, 0.1) is 0 Å². The first kappa shape index (κ1) is 30.8. The van der Waals surface area contributed by atoms with Crippen molar-refractivity contribution in [2.75, 3.05) is 0 Å². The molecule has 2 atom stereocenters. The maximum absolute atomic E-state index is 5.22. The Kier molecular flexibility index (Phi) is 6.75. The van der Waals surface area contributed by atoms with Gasteiger partial charge in [-0.1, -0.05) is 200 Å². The van der Waals surface area contributed by atoms with Crippen LogP contribution in [0.15, 0.2) is 212 Å². The smallest absolute Gasteiger partial charge is 0.0720 e. The molecule has 2 aliphatic carbocycles. The van der Waals surface area contributed by atoms with Gasteiger partial charge in [0.05, 0.1) is 22.0 Å². The Labute approximate surface area is 315 Å². The van der Waals surface area contributed by atoms with Gasteiger partial charge >= 0.3 is 0 Å². The maximum atomic E-state index is 5.22. The first-order valence-corrected chi connectivity index (χ1v) is 18.8. The standard InChI is InChI=1S/C53H35N/c1-4-17-36(18-5-1)44-35-50(54-49-30-15-11-24-42(44)49)37-31-33-40(34-32-37)52(38-19-6-2-7-20-38)46-27-13-14-28-47(46)53(39-21-8-3-9-22-39)45-26-12-10-23-41(45)43-25-16-29-48(52)51(43)53/h1-35H. The predicted octanol–water partition coefficient (Wildman–Crippen LogP) is 12.6. The zero-order valence-corrected chi connectivity index (χ0v) is 29.7. The monoisotopic (exact) mass is 685 g/mol. The summed E-state index contributed by atoms with van der Waals surface area (Å²) in [5, 5.41) is 1.16. The topological polar surface area (TPSA) is 12.9 Å². The fourth-order valence-corrected chi connectivity index (χ4v) is 9.93. The summed E-state index contributed by atoms with van der Waals surface area (Å²) < 4.78 is 0. The number of pyridine rings is 1. The van der Waals surface area contributed by atoms with Gasteiger partial charge in [-0.3, -0.25) is 0 Å². The van der Waals surface area contributed by atoms with Crippen LogP contribution in [0.2, 0.25) is 0 Å². The number of fused-ring (bicyclic) bond motifs is 6. The van der Waals surface area contributed by atoms with Crippen molar-refractivity contribution in [1.82, 2.24) is 4.98 Å². The summed E-state index contributed by atoms with van der Waals surface area (Å²) in [5.74, 6) is 0. The van der Waals surface area contributed by atoms with Gasteiger partial charge in [-0.2, -0.15) is 0 Å². The van der Waals surface area contributed by atoms with Crippen molar-refractivity contribution >= 4 is 10.9 Å². The van der Waals surface area contributed by atoms with E-state index in [9.17, 15) is 0 Å². The van der Waals surface area contributed by atoms with Crippen molar-refractivity contribution in [3.63, 3.8) is 0 Å². The molecular weight excluding hydrogens is 651 g/mol. The summed E-state index contributed by atoms with van der Waals surface area (Å²) in [6, 6.07) is 78.3. The molecule has 11 rings (SSSR count). The fourth-order valence-electron chi connectivity index (χ4n) is 9.93. The lowest BCUT2D eigenvalue weighted by atomic mass is 9.52. The summed E-state index contributed by atoms with van der Waals surface area (Å²) in [5.41, 5.74) is 17.5. The van der Waals surface area contributed by atoms with Crippen LogP contribution in [-0.4, -0.2) is 4.98 Å². The first-order chi connectivity index (χ1) is 26.8. The lowest BCUT2D eigenvalue weighted by Crippen LogP contribution is -2.44. The summed E-state index contributed by atoms with van der Waals surface area (Å²) in [4.78, 5) is 5.22. The molecule has 1 heteroatoms. The Morgan fingerprint density at radius 2 is 0.833 bits per heavy atom. The predicted molar refractivity (Wildman–Crippen MR) is 222 cm³/mol. The lowest BCUT2D eigenvalue weighted by molar-refractivity contribution is 0.627. The highest BCUT2D eigenvalue weighted by Gasteiger charge is 2.57. The Morgan fingerprint density at radius 3 is 1.56 bits per heavy atom. The average Bonchev–Trinajstić information content (AvgIpc) is 3.57. The molecule has 2 unspecified atom stereocenters. The molecule has 9 aromatic rings. The highest BCUT2D eigenvalue weighted by molar-refractivity contribution is 5.97. The lowest BCUT2D eigenvalue weighted by Gasteiger charge is -2.49. The van der Waals surface area contributed by atoms with Gasteiger partial charge in [0.25, 0.3) is 0 Å². The van der Waals surface area contributed by atoms with E-state index in [1.165, 1.54) is 66.8 Å². The van der Waals surface area contributed by atoms with Gasteiger partial charge in [-0.15, -0.1) is 0 Å². The van der Waals surface area contributed by atoms with E-state index < -0.39 is 10.8 Å². The summed E-state index contributed by atoms with van der Waals surface area (Å²) in [6.45, 7) is 0. The van der Waals surface area contributed by atoms with Gasteiger partial charge in [0.15, 0.2) is 0 Å². The third kappa shape index (κ3) is 4.12. The van der Waals surface area contributed by atoms with Gasteiger partial charge in [0, 0.05) is 10.9 Å². The molecule has 0 saturated heterocycles. The molecule has 1 nitrogen and oxygen atoms in total. The van der Waals surface area contributed by atoms with Gasteiger partial charge in [0.1, 0.15) is 0 Å². The molecule has 2 aliphatic rings. The second kappa shape index (κ2) is 11.8. The molecule has 8 aromatic carbocycles. The first-order valence-electron chi connectivity index (χ1n) is 18.8. The molecule has 0 radical (unpaired) electrons. The summed E-state index contributed by atoms with van der Waals surface area (Å²) >= 11 is 0. The fraction of sp³-hybridized carbons (Fsp3) is 0.0377. The van der Waals surface area contributed by atoms with E-state index in [1.54, 1.807) is 0 Å². The van der Waals surface area contributed by atoms with Crippen molar-refractivity contribution in [1.29, 1.82) is 0 Å². The minimum atomic E-state index is -0.575. The Hall–Kier alpha value is -6.83. The van der Waals surface area contributed by atoms with Gasteiger partial charge in [-0.25, -0.2) is 4.98 Å². The number of aromatic nitrogens is 1. The number of hydrogen-bond acceptors (Lipinski definition) is 1. The van der Waals surface area contributed by atoms with Crippen molar-refractivity contribution in [2.24, 2.45) is 0 Å². The van der Waals surface area contributed by atoms with Crippen molar-refractivity contribution in [2.45, 2.75) is 10.8 Å². The molecule has 1 heterocycles. The van der Waals surface area contributed by atoms with Crippen LogP contribution in [0.4, 0.5) is 0 Å². The SMILES string of the molecule is c1ccc(-c2cc(-c3ccc(C4(c5ccccc5)c5ccccc5C5(c6ccccc6)c6ccccc6-c6cccc4c65)cc3)nc3ccccc23)cc1. The molecule has 252 valence electrons. The van der Waals surface area contributed by atoms with Crippen LogP contribution in [0.1, 0.15) is 44.5 Å². The van der Waals surface area contributed by atoms with E-state index in [0.29, 0.717) is 0 Å². The highest BCUT2D eigenvalue weighted by Crippen LogP contribution is 2.65. The summed E-state index contributed by atoms with van der Waals surface area (Å²) in [7, 11) is 0. The zero-order chi connectivity index (χ0) is 35.7. The van der Waals surface area contributed by atoms with E-state index in [1.807, 2.05) is 0 Å². The van der Waals surface area contributed by atoms with Crippen LogP contribution in [0.25, 0.3) is 44.4 Å². The molecule has 0 N–H and O–H groups in total. The minimum absolute atomic E-state index is 0.457. The molecule has 0 fully saturated rings. The van der Waals surface area contributed by atoms with Crippen LogP contribution in [0.3, 0.4) is 0 Å². The van der Waals surface area contributed by atoms with Gasteiger partial charge in [0.2, 0.25) is 0 Å². The second-order valence-corrected chi connectivity index (χ2v) is 14.6. The normalized spacial score (nSPS) is 17.8. The van der Waals surface area contributed by atoms with Crippen molar-refractivity contribution in [3.05, 3.63) is 257 Å². The zero-order valence-electron chi connectivity index (χ0n) is 29.7. The molecule has 0 bridgehead atoms. The summed E-state index contributed by atoms with van der Waals surface area (Å²) in [6.07, 6.45) is 0. The quantitative estimate of drug-likeness (QED) is 0.176. The Morgan fingerprint density at radius 1 is 0.315 bits per heavy atom. The second-order valence-electron chi connectivity index (χ2n) is 14.6. The Balaban J connectivity index is 1.20. The third-order valence-electron chi connectivity index (χ3n) is 12.0. The Bertz CT molecular complexity index is 2860. The van der Waals surface area contributed by atoms with Crippen LogP contribution < -0.4 is 0 Å². The van der Waals surface area contributed by atoms with Crippen LogP contribution in [0.5, 0.6) is 0 Å². The van der Waals surface area contributed by atoms with E-state index in [-0.39, 0.29) is 0 Å². The number of benzene rings is 8.